The minimum Gasteiger partial charge on any atom is -0.358 e. The summed E-state index contributed by atoms with van der Waals surface area (Å²) in [5, 5.41) is 2.89. The lowest BCUT2D eigenvalue weighted by atomic mass is 9.99. The van der Waals surface area contributed by atoms with E-state index in [2.05, 4.69) is 15.2 Å². The number of aromatic nitrogens is 1. The molecule has 33 heavy (non-hydrogen) atoms. The number of likely N-dealkylation sites (tertiary alicyclic amines) is 1. The molecule has 1 aromatic carbocycles. The minimum atomic E-state index is -0.172. The summed E-state index contributed by atoms with van der Waals surface area (Å²) in [7, 11) is 0. The normalized spacial score (nSPS) is 19.5. The number of hydrogen-bond acceptors (Lipinski definition) is 4. The van der Waals surface area contributed by atoms with Gasteiger partial charge in [-0.05, 0) is 62.2 Å². The lowest BCUT2D eigenvalue weighted by molar-refractivity contribution is -0.110. The number of hydrogen-bond donors (Lipinski definition) is 2. The zero-order chi connectivity index (χ0) is 22.9. The van der Waals surface area contributed by atoms with Gasteiger partial charge in [-0.15, -0.1) is 0 Å². The van der Waals surface area contributed by atoms with Gasteiger partial charge in [0.15, 0.2) is 0 Å². The fourth-order valence-electron chi connectivity index (χ4n) is 5.21. The number of carbonyl (C=O) groups excluding carboxylic acids is 3. The molecule has 0 saturated carbocycles. The number of fused-ring (bicyclic) bond motifs is 2. The van der Waals surface area contributed by atoms with Gasteiger partial charge in [0.05, 0.1) is 11.1 Å². The van der Waals surface area contributed by atoms with Crippen molar-refractivity contribution >= 4 is 35.4 Å². The number of nitrogens with one attached hydrogen (secondary N) is 2. The molecule has 3 aliphatic rings. The van der Waals surface area contributed by atoms with Crippen molar-refractivity contribution in [2.45, 2.75) is 39.0 Å². The molecular formula is C26H30N4O3. The molecule has 1 fully saturated rings. The molecule has 5 rings (SSSR count). The molecule has 0 spiro atoms. The van der Waals surface area contributed by atoms with Crippen LogP contribution >= 0.6 is 0 Å². The number of anilines is 1. The molecule has 7 nitrogen and oxygen atoms in total. The van der Waals surface area contributed by atoms with Gasteiger partial charge < -0.3 is 24.9 Å². The van der Waals surface area contributed by atoms with Crippen LogP contribution in [-0.2, 0) is 22.4 Å². The Bertz CT molecular complexity index is 1140. The van der Waals surface area contributed by atoms with Gasteiger partial charge in [-0.3, -0.25) is 9.59 Å². The van der Waals surface area contributed by atoms with Gasteiger partial charge in [0.25, 0.3) is 11.8 Å². The number of rotatable bonds is 6. The Morgan fingerprint density at radius 1 is 1.06 bits per heavy atom. The van der Waals surface area contributed by atoms with E-state index >= 15 is 0 Å². The van der Waals surface area contributed by atoms with Crippen molar-refractivity contribution in [1.29, 1.82) is 0 Å². The number of H-pyrrole nitrogens is 1. The summed E-state index contributed by atoms with van der Waals surface area (Å²) in [6.45, 7) is 6.62. The quantitative estimate of drug-likeness (QED) is 0.528. The van der Waals surface area contributed by atoms with Gasteiger partial charge in [-0.25, -0.2) is 0 Å². The first-order valence-electron chi connectivity index (χ1n) is 11.9. The van der Waals surface area contributed by atoms with E-state index < -0.39 is 0 Å². The lowest BCUT2D eigenvalue weighted by Gasteiger charge is -2.32. The molecule has 2 N–H and O–H groups in total. The second-order valence-corrected chi connectivity index (χ2v) is 9.22. The molecule has 0 bridgehead atoms. The summed E-state index contributed by atoms with van der Waals surface area (Å²) in [5.41, 5.74) is 6.34. The Hall–Kier alpha value is -3.19. The second kappa shape index (κ2) is 8.98. The highest BCUT2D eigenvalue weighted by Crippen LogP contribution is 2.35. The maximum absolute atomic E-state index is 13.3. The molecule has 1 aromatic heterocycles. The first kappa shape index (κ1) is 21.6. The molecule has 2 amide bonds. The fraction of sp³-hybridized carbons (Fsp3) is 0.423. The van der Waals surface area contributed by atoms with Crippen LogP contribution < -0.4 is 5.32 Å². The molecule has 0 atom stereocenters. The van der Waals surface area contributed by atoms with E-state index in [1.54, 1.807) is 0 Å². The Morgan fingerprint density at radius 3 is 2.67 bits per heavy atom. The molecule has 0 unspecified atom stereocenters. The van der Waals surface area contributed by atoms with Crippen LogP contribution in [0, 0.1) is 6.92 Å². The van der Waals surface area contributed by atoms with Crippen molar-refractivity contribution in [3.05, 3.63) is 51.8 Å². The molecule has 0 radical (unpaired) electrons. The Labute approximate surface area is 193 Å². The van der Waals surface area contributed by atoms with Crippen molar-refractivity contribution in [2.24, 2.45) is 0 Å². The van der Waals surface area contributed by atoms with E-state index in [-0.39, 0.29) is 11.8 Å². The standard InChI is InChI=1S/C26H30N4O3/c1-17-23(16-20-19-15-18(8-14-31)5-6-21(19)28-25(20)32)27-22-7-11-30(26(33)24(17)22)13-12-29-9-3-2-4-10-29/h5-6,14-16,27H,2-4,7-13H2,1H3,(H,28,32)/b20-16-. The van der Waals surface area contributed by atoms with Gasteiger partial charge in [-0.1, -0.05) is 12.5 Å². The monoisotopic (exact) mass is 446 g/mol. The number of aromatic amines is 1. The summed E-state index contributed by atoms with van der Waals surface area (Å²) < 4.78 is 0. The number of benzene rings is 1. The van der Waals surface area contributed by atoms with Gasteiger partial charge in [0, 0.05) is 55.1 Å². The second-order valence-electron chi connectivity index (χ2n) is 9.22. The topological polar surface area (TPSA) is 85.5 Å². The molecule has 2 aromatic rings. The third-order valence-corrected chi connectivity index (χ3v) is 7.11. The first-order valence-corrected chi connectivity index (χ1v) is 11.9. The first-order chi connectivity index (χ1) is 16.0. The van der Waals surface area contributed by atoms with Gasteiger partial charge in [0.1, 0.15) is 6.29 Å². The van der Waals surface area contributed by atoms with Crippen LogP contribution in [0.3, 0.4) is 0 Å². The number of piperidine rings is 1. The summed E-state index contributed by atoms with van der Waals surface area (Å²) >= 11 is 0. The predicted molar refractivity (Wildman–Crippen MR) is 128 cm³/mol. The summed E-state index contributed by atoms with van der Waals surface area (Å²) in [6.07, 6.45) is 7.61. The Balaban J connectivity index is 1.39. The largest absolute Gasteiger partial charge is 0.358 e. The van der Waals surface area contributed by atoms with E-state index in [4.69, 9.17) is 0 Å². The average molecular weight is 447 g/mol. The highest BCUT2D eigenvalue weighted by atomic mass is 16.2. The van der Waals surface area contributed by atoms with Crippen molar-refractivity contribution in [3.8, 4) is 0 Å². The maximum atomic E-state index is 13.3. The zero-order valence-electron chi connectivity index (χ0n) is 19.1. The van der Waals surface area contributed by atoms with Gasteiger partial charge in [0.2, 0.25) is 0 Å². The number of nitrogens with zero attached hydrogens (tertiary/aromatic N) is 2. The molecular weight excluding hydrogens is 416 g/mol. The molecule has 1 saturated heterocycles. The molecule has 7 heteroatoms. The predicted octanol–water partition coefficient (Wildman–Crippen LogP) is 3.04. The van der Waals surface area contributed by atoms with E-state index in [1.165, 1.54) is 19.3 Å². The third kappa shape index (κ3) is 4.13. The van der Waals surface area contributed by atoms with Crippen molar-refractivity contribution in [3.63, 3.8) is 0 Å². The van der Waals surface area contributed by atoms with E-state index in [0.717, 1.165) is 78.2 Å². The van der Waals surface area contributed by atoms with Crippen LogP contribution in [-0.4, -0.2) is 65.6 Å². The van der Waals surface area contributed by atoms with Gasteiger partial charge >= 0.3 is 0 Å². The Kier molecular flexibility index (Phi) is 5.89. The van der Waals surface area contributed by atoms with Gasteiger partial charge in [-0.2, -0.15) is 0 Å². The van der Waals surface area contributed by atoms with E-state index in [1.807, 2.05) is 36.1 Å². The summed E-state index contributed by atoms with van der Waals surface area (Å²) in [6, 6.07) is 5.58. The van der Waals surface area contributed by atoms with Crippen LogP contribution in [0.25, 0.3) is 11.6 Å². The van der Waals surface area contributed by atoms with E-state index in [9.17, 15) is 14.4 Å². The van der Waals surface area contributed by atoms with Crippen LogP contribution in [0.15, 0.2) is 18.2 Å². The smallest absolute Gasteiger partial charge is 0.256 e. The third-order valence-electron chi connectivity index (χ3n) is 7.11. The fourth-order valence-corrected chi connectivity index (χ4v) is 5.21. The molecule has 4 heterocycles. The summed E-state index contributed by atoms with van der Waals surface area (Å²) in [4.78, 5) is 44.7. The van der Waals surface area contributed by atoms with Crippen molar-refractivity contribution in [2.75, 3.05) is 38.0 Å². The van der Waals surface area contributed by atoms with Crippen LogP contribution in [0.1, 0.15) is 57.7 Å². The number of carbonyl (C=O) groups is 3. The maximum Gasteiger partial charge on any atom is 0.256 e. The molecule has 172 valence electrons. The highest BCUT2D eigenvalue weighted by molar-refractivity contribution is 6.35. The number of amides is 2. The average Bonchev–Trinajstić information content (AvgIpc) is 3.31. The van der Waals surface area contributed by atoms with E-state index in [0.29, 0.717) is 18.5 Å². The molecule has 3 aliphatic heterocycles. The summed E-state index contributed by atoms with van der Waals surface area (Å²) in [5.74, 6) is -0.0917. The number of aldehydes is 1. The molecule has 0 aliphatic carbocycles. The van der Waals surface area contributed by atoms with Crippen LogP contribution in [0.2, 0.25) is 0 Å². The minimum absolute atomic E-state index is 0.0798. The van der Waals surface area contributed by atoms with Crippen LogP contribution in [0.5, 0.6) is 0 Å². The van der Waals surface area contributed by atoms with Crippen LogP contribution in [0.4, 0.5) is 5.69 Å². The highest BCUT2D eigenvalue weighted by Gasteiger charge is 2.30. The lowest BCUT2D eigenvalue weighted by Crippen LogP contribution is -2.43. The van der Waals surface area contributed by atoms with Crippen molar-refractivity contribution < 1.29 is 14.4 Å². The van der Waals surface area contributed by atoms with Crippen molar-refractivity contribution in [1.82, 2.24) is 14.8 Å². The zero-order valence-corrected chi connectivity index (χ0v) is 19.1. The Morgan fingerprint density at radius 2 is 1.88 bits per heavy atom. The SMILES string of the molecule is Cc1c(/C=C2\C(=O)Nc3ccc(CC=O)cc32)[nH]c2c1C(=O)N(CCN1CCCCC1)CC2.